The fourth-order valence-electron chi connectivity index (χ4n) is 1.22. The molecule has 0 saturated carbocycles. The van der Waals surface area contributed by atoms with E-state index in [0.29, 0.717) is 0 Å². The summed E-state index contributed by atoms with van der Waals surface area (Å²) < 4.78 is 51.6. The van der Waals surface area contributed by atoms with Gasteiger partial charge in [0.05, 0.1) is 10.6 Å². The summed E-state index contributed by atoms with van der Waals surface area (Å²) in [5.41, 5.74) is -4.33. The van der Waals surface area contributed by atoms with E-state index in [9.17, 15) is 27.2 Å². The number of carboxylic acids is 1. The summed E-state index contributed by atoms with van der Waals surface area (Å²) in [5, 5.41) is 9.42. The summed E-state index contributed by atoms with van der Waals surface area (Å²) in [6.45, 7) is 0.260. The zero-order valence-corrected chi connectivity index (χ0v) is 10.6. The minimum absolute atomic E-state index is 0.260. The Bertz CT molecular complexity index is 561. The lowest BCUT2D eigenvalue weighted by atomic mass is 10.0. The van der Waals surface area contributed by atoms with E-state index in [-0.39, 0.29) is 6.92 Å². The van der Waals surface area contributed by atoms with Crippen LogP contribution in [0.4, 0.5) is 17.6 Å². The third-order valence-corrected chi connectivity index (χ3v) is 2.85. The summed E-state index contributed by atoms with van der Waals surface area (Å²) in [5.74, 6) is -5.09. The molecule has 1 amide bonds. The third-order valence-electron chi connectivity index (χ3n) is 2.55. The number of carbonyl (C=O) groups excluding carboxylic acids is 1. The van der Waals surface area contributed by atoms with Crippen molar-refractivity contribution >= 4 is 23.5 Å². The molecule has 0 radical (unpaired) electrons. The highest BCUT2D eigenvalue weighted by molar-refractivity contribution is 6.31. The van der Waals surface area contributed by atoms with Crippen molar-refractivity contribution in [3.05, 3.63) is 34.6 Å². The monoisotopic (exact) mass is 313 g/mol. The number of hydrogen-bond acceptors (Lipinski definition) is 2. The predicted molar refractivity (Wildman–Crippen MR) is 61.0 cm³/mol. The first kappa shape index (κ1) is 16.2. The minimum atomic E-state index is -5.26. The van der Waals surface area contributed by atoms with Crippen molar-refractivity contribution in [2.45, 2.75) is 18.6 Å². The molecule has 1 rings (SSSR count). The molecule has 1 unspecified atom stereocenters. The molecule has 0 heterocycles. The summed E-state index contributed by atoms with van der Waals surface area (Å²) in [4.78, 5) is 22.3. The van der Waals surface area contributed by atoms with Crippen molar-refractivity contribution in [2.24, 2.45) is 0 Å². The largest absolute Gasteiger partial charge is 0.479 e. The fraction of sp³-hybridized carbons (Fsp3) is 0.273. The highest BCUT2D eigenvalue weighted by Crippen LogP contribution is 2.31. The number of aliphatic carboxylic acids is 1. The van der Waals surface area contributed by atoms with E-state index >= 15 is 0 Å². The van der Waals surface area contributed by atoms with Gasteiger partial charge in [0.1, 0.15) is 0 Å². The lowest BCUT2D eigenvalue weighted by Gasteiger charge is -2.28. The normalized spacial score (nSPS) is 14.5. The lowest BCUT2D eigenvalue weighted by Crippen LogP contribution is -2.62. The second-order valence-electron chi connectivity index (χ2n) is 3.98. The maximum absolute atomic E-state index is 13.5. The number of hydrogen-bond donors (Lipinski definition) is 2. The lowest BCUT2D eigenvalue weighted by molar-refractivity contribution is -0.203. The number of amides is 1. The van der Waals surface area contributed by atoms with Crippen LogP contribution in [0.15, 0.2) is 18.2 Å². The van der Waals surface area contributed by atoms with Gasteiger partial charge >= 0.3 is 12.1 Å². The zero-order chi connectivity index (χ0) is 15.7. The Labute approximate surface area is 115 Å². The maximum Gasteiger partial charge on any atom is 0.422 e. The van der Waals surface area contributed by atoms with Crippen LogP contribution in [-0.2, 0) is 4.79 Å². The Morgan fingerprint density at radius 2 is 1.85 bits per heavy atom. The molecule has 1 aromatic carbocycles. The first-order chi connectivity index (χ1) is 9.00. The average molecular weight is 314 g/mol. The van der Waals surface area contributed by atoms with E-state index in [1.54, 1.807) is 0 Å². The van der Waals surface area contributed by atoms with Gasteiger partial charge < -0.3 is 10.4 Å². The molecule has 0 aliphatic rings. The van der Waals surface area contributed by atoms with Crippen LogP contribution in [0.25, 0.3) is 0 Å². The van der Waals surface area contributed by atoms with Crippen molar-refractivity contribution < 1.29 is 32.3 Å². The Kier molecular flexibility index (Phi) is 4.28. The van der Waals surface area contributed by atoms with E-state index in [1.807, 2.05) is 0 Å². The van der Waals surface area contributed by atoms with Gasteiger partial charge in [-0.1, -0.05) is 17.7 Å². The number of carbonyl (C=O) groups is 2. The second-order valence-corrected chi connectivity index (χ2v) is 4.39. The molecular weight excluding hydrogens is 306 g/mol. The van der Waals surface area contributed by atoms with Crippen LogP contribution in [0.3, 0.4) is 0 Å². The summed E-state index contributed by atoms with van der Waals surface area (Å²) >= 11 is 5.39. The van der Waals surface area contributed by atoms with Gasteiger partial charge in [-0.25, -0.2) is 9.18 Å². The fourth-order valence-corrected chi connectivity index (χ4v) is 1.39. The van der Waals surface area contributed by atoms with Gasteiger partial charge in [-0.15, -0.1) is 0 Å². The number of carboxylic acid groups (broad SMARTS) is 1. The molecule has 0 fully saturated rings. The molecule has 0 saturated heterocycles. The maximum atomic E-state index is 13.5. The molecule has 1 atom stereocenters. The van der Waals surface area contributed by atoms with Crippen LogP contribution < -0.4 is 5.32 Å². The average Bonchev–Trinajstić information content (AvgIpc) is 2.30. The van der Waals surface area contributed by atoms with E-state index in [4.69, 9.17) is 16.7 Å². The first-order valence-electron chi connectivity index (χ1n) is 5.07. The molecule has 2 N–H and O–H groups in total. The zero-order valence-electron chi connectivity index (χ0n) is 9.89. The van der Waals surface area contributed by atoms with Gasteiger partial charge in [-0.3, -0.25) is 4.79 Å². The Balaban J connectivity index is 3.17. The molecule has 9 heteroatoms. The molecule has 110 valence electrons. The molecular formula is C11H8ClF4NO3. The molecule has 0 bridgehead atoms. The molecule has 0 aliphatic carbocycles. The van der Waals surface area contributed by atoms with Crippen molar-refractivity contribution in [2.75, 3.05) is 0 Å². The van der Waals surface area contributed by atoms with Crippen LogP contribution in [0, 0.1) is 5.82 Å². The van der Waals surface area contributed by atoms with E-state index in [1.165, 1.54) is 5.32 Å². The van der Waals surface area contributed by atoms with Crippen molar-refractivity contribution in [1.29, 1.82) is 0 Å². The quantitative estimate of drug-likeness (QED) is 0.843. The summed E-state index contributed by atoms with van der Waals surface area (Å²) in [6, 6.07) is 3.12. The van der Waals surface area contributed by atoms with Gasteiger partial charge in [-0.05, 0) is 19.1 Å². The standard InChI is InChI=1S/C11H8ClF4NO3/c1-10(9(19)20,11(14,15)16)17-8(18)5-3-2-4-6(12)7(5)13/h2-4H,1H3,(H,17,18)(H,19,20). The Hall–Kier alpha value is -1.83. The Morgan fingerprint density at radius 1 is 1.30 bits per heavy atom. The number of benzene rings is 1. The number of halogens is 5. The number of alkyl halides is 3. The van der Waals surface area contributed by atoms with E-state index in [2.05, 4.69) is 0 Å². The van der Waals surface area contributed by atoms with Gasteiger partial charge in [0.25, 0.3) is 5.91 Å². The van der Waals surface area contributed by atoms with Gasteiger partial charge in [-0.2, -0.15) is 13.2 Å². The van der Waals surface area contributed by atoms with E-state index < -0.39 is 40.0 Å². The van der Waals surface area contributed by atoms with Gasteiger partial charge in [0.15, 0.2) is 5.82 Å². The number of rotatable bonds is 3. The van der Waals surface area contributed by atoms with E-state index in [0.717, 1.165) is 18.2 Å². The topological polar surface area (TPSA) is 66.4 Å². The minimum Gasteiger partial charge on any atom is -0.479 e. The van der Waals surface area contributed by atoms with Gasteiger partial charge in [0.2, 0.25) is 5.54 Å². The van der Waals surface area contributed by atoms with Crippen LogP contribution in [0.2, 0.25) is 5.02 Å². The molecule has 0 aliphatic heterocycles. The van der Waals surface area contributed by atoms with Crippen molar-refractivity contribution in [1.82, 2.24) is 5.32 Å². The van der Waals surface area contributed by atoms with Crippen molar-refractivity contribution in [3.63, 3.8) is 0 Å². The smallest absolute Gasteiger partial charge is 0.422 e. The highest BCUT2D eigenvalue weighted by Gasteiger charge is 2.58. The van der Waals surface area contributed by atoms with Crippen molar-refractivity contribution in [3.8, 4) is 0 Å². The van der Waals surface area contributed by atoms with Crippen LogP contribution in [-0.4, -0.2) is 28.7 Å². The molecule has 4 nitrogen and oxygen atoms in total. The molecule has 1 aromatic rings. The summed E-state index contributed by atoms with van der Waals surface area (Å²) in [7, 11) is 0. The first-order valence-corrected chi connectivity index (χ1v) is 5.45. The highest BCUT2D eigenvalue weighted by atomic mass is 35.5. The molecule has 0 aromatic heterocycles. The van der Waals surface area contributed by atoms with Crippen LogP contribution in [0.1, 0.15) is 17.3 Å². The predicted octanol–water partition coefficient (Wildman–Crippen LogP) is 2.61. The third kappa shape index (κ3) is 2.84. The second kappa shape index (κ2) is 5.28. The van der Waals surface area contributed by atoms with Crippen LogP contribution >= 0.6 is 11.6 Å². The molecule has 20 heavy (non-hydrogen) atoms. The summed E-state index contributed by atoms with van der Waals surface area (Å²) in [6.07, 6.45) is -5.26. The molecule has 0 spiro atoms. The van der Waals surface area contributed by atoms with Gasteiger partial charge in [0, 0.05) is 0 Å². The number of nitrogens with one attached hydrogen (secondary N) is 1. The Morgan fingerprint density at radius 3 is 2.30 bits per heavy atom. The van der Waals surface area contributed by atoms with Crippen LogP contribution in [0.5, 0.6) is 0 Å². The SMILES string of the molecule is CC(NC(=O)c1cccc(Cl)c1F)(C(=O)O)C(F)(F)F.